The SMILES string of the molecule is CCN1C(=O)[C@]2(c3ccccc31)[C@@H]1C(=O)N(c3cc([N+](=O)[O-])ccc3C)C(=O)[C@H]1[C@H]1CCCN12. The second-order valence-electron chi connectivity index (χ2n) is 9.48. The van der Waals surface area contributed by atoms with E-state index in [9.17, 15) is 24.5 Å². The van der Waals surface area contributed by atoms with E-state index in [-0.39, 0.29) is 29.2 Å². The van der Waals surface area contributed by atoms with E-state index in [0.29, 0.717) is 18.7 Å². The van der Waals surface area contributed by atoms with Crippen LogP contribution in [0.4, 0.5) is 17.1 Å². The van der Waals surface area contributed by atoms with Crippen molar-refractivity contribution in [3.63, 3.8) is 0 Å². The fourth-order valence-corrected chi connectivity index (χ4v) is 6.84. The first-order valence-electron chi connectivity index (χ1n) is 11.6. The molecule has 3 saturated heterocycles. The molecule has 0 aliphatic carbocycles. The molecular weight excluding hydrogens is 436 g/mol. The van der Waals surface area contributed by atoms with Gasteiger partial charge in [0.1, 0.15) is 5.54 Å². The molecule has 4 aliphatic rings. The van der Waals surface area contributed by atoms with Gasteiger partial charge in [0.25, 0.3) is 11.6 Å². The van der Waals surface area contributed by atoms with Crippen LogP contribution < -0.4 is 9.80 Å². The summed E-state index contributed by atoms with van der Waals surface area (Å²) in [5, 5.41) is 11.4. The third-order valence-electron chi connectivity index (χ3n) is 8.11. The second-order valence-corrected chi connectivity index (χ2v) is 9.48. The van der Waals surface area contributed by atoms with Gasteiger partial charge in [0, 0.05) is 36.0 Å². The minimum Gasteiger partial charge on any atom is -0.310 e. The van der Waals surface area contributed by atoms with Crippen LogP contribution in [0.1, 0.15) is 30.9 Å². The van der Waals surface area contributed by atoms with Crippen molar-refractivity contribution in [1.82, 2.24) is 4.90 Å². The van der Waals surface area contributed by atoms with Crippen molar-refractivity contribution in [2.24, 2.45) is 11.8 Å². The quantitative estimate of drug-likeness (QED) is 0.396. The second kappa shape index (κ2) is 6.96. The van der Waals surface area contributed by atoms with Crippen LogP contribution in [0, 0.1) is 28.9 Å². The third-order valence-corrected chi connectivity index (χ3v) is 8.11. The van der Waals surface area contributed by atoms with Crippen LogP contribution in [0.15, 0.2) is 42.5 Å². The molecule has 0 N–H and O–H groups in total. The van der Waals surface area contributed by atoms with Crippen LogP contribution in [0.5, 0.6) is 0 Å². The maximum atomic E-state index is 14.1. The molecule has 0 aromatic heterocycles. The third kappa shape index (κ3) is 2.30. The summed E-state index contributed by atoms with van der Waals surface area (Å²) in [6.07, 6.45) is 1.57. The summed E-state index contributed by atoms with van der Waals surface area (Å²) in [6, 6.07) is 11.5. The largest absolute Gasteiger partial charge is 0.310 e. The van der Waals surface area contributed by atoms with Crippen LogP contribution in [-0.2, 0) is 19.9 Å². The number of hydrogen-bond acceptors (Lipinski definition) is 6. The van der Waals surface area contributed by atoms with Crippen molar-refractivity contribution in [1.29, 1.82) is 0 Å². The van der Waals surface area contributed by atoms with Gasteiger partial charge in [0.15, 0.2) is 0 Å². The number of hydrogen-bond donors (Lipinski definition) is 0. The van der Waals surface area contributed by atoms with E-state index < -0.39 is 28.2 Å². The number of aryl methyl sites for hydroxylation is 1. The monoisotopic (exact) mass is 460 g/mol. The number of rotatable bonds is 3. The fourth-order valence-electron chi connectivity index (χ4n) is 6.84. The van der Waals surface area contributed by atoms with Crippen LogP contribution >= 0.6 is 0 Å². The lowest BCUT2D eigenvalue weighted by Gasteiger charge is -2.37. The fraction of sp³-hybridized carbons (Fsp3) is 0.400. The lowest BCUT2D eigenvalue weighted by atomic mass is 9.75. The Kier molecular flexibility index (Phi) is 4.29. The molecule has 9 nitrogen and oxygen atoms in total. The van der Waals surface area contributed by atoms with Gasteiger partial charge in [-0.1, -0.05) is 24.3 Å². The molecule has 174 valence electrons. The molecule has 2 aromatic rings. The number of nitrogens with zero attached hydrogens (tertiary/aromatic N) is 4. The Morgan fingerprint density at radius 2 is 1.85 bits per heavy atom. The number of benzene rings is 2. The Morgan fingerprint density at radius 3 is 2.59 bits per heavy atom. The number of para-hydroxylation sites is 1. The molecule has 3 fully saturated rings. The number of likely N-dealkylation sites (N-methyl/N-ethyl adjacent to an activating group) is 1. The summed E-state index contributed by atoms with van der Waals surface area (Å²) < 4.78 is 0. The predicted molar refractivity (Wildman–Crippen MR) is 123 cm³/mol. The molecule has 4 aliphatic heterocycles. The molecular formula is C25H24N4O5. The summed E-state index contributed by atoms with van der Waals surface area (Å²) in [6.45, 7) is 4.73. The van der Waals surface area contributed by atoms with Crippen LogP contribution in [-0.4, -0.2) is 46.7 Å². The lowest BCUT2D eigenvalue weighted by molar-refractivity contribution is -0.384. The molecule has 4 atom stereocenters. The van der Waals surface area contributed by atoms with E-state index in [1.54, 1.807) is 17.9 Å². The summed E-state index contributed by atoms with van der Waals surface area (Å²) in [5.74, 6) is -2.51. The molecule has 2 aromatic carbocycles. The van der Waals surface area contributed by atoms with E-state index in [4.69, 9.17) is 0 Å². The topological polar surface area (TPSA) is 104 Å². The van der Waals surface area contributed by atoms with E-state index in [2.05, 4.69) is 4.90 Å². The molecule has 3 amide bonds. The number of amides is 3. The number of imide groups is 1. The van der Waals surface area contributed by atoms with Gasteiger partial charge in [0.05, 0.1) is 22.4 Å². The first kappa shape index (κ1) is 21.0. The number of anilines is 2. The molecule has 9 heteroatoms. The van der Waals surface area contributed by atoms with Crippen molar-refractivity contribution < 1.29 is 19.3 Å². The lowest BCUT2D eigenvalue weighted by Crippen LogP contribution is -2.56. The first-order chi connectivity index (χ1) is 16.3. The highest BCUT2D eigenvalue weighted by molar-refractivity contribution is 6.26. The molecule has 0 unspecified atom stereocenters. The van der Waals surface area contributed by atoms with Crippen LogP contribution in [0.3, 0.4) is 0 Å². The Morgan fingerprint density at radius 1 is 1.09 bits per heavy atom. The average Bonchev–Trinajstić information content (AvgIpc) is 3.52. The van der Waals surface area contributed by atoms with E-state index in [1.807, 2.05) is 31.2 Å². The number of nitro benzene ring substituents is 1. The molecule has 0 bridgehead atoms. The first-order valence-corrected chi connectivity index (χ1v) is 11.6. The molecule has 1 spiro atoms. The highest BCUT2D eigenvalue weighted by Crippen LogP contribution is 2.61. The van der Waals surface area contributed by atoms with Crippen molar-refractivity contribution in [3.8, 4) is 0 Å². The summed E-state index contributed by atoms with van der Waals surface area (Å²) in [7, 11) is 0. The number of fused-ring (bicyclic) bond motifs is 7. The zero-order valence-corrected chi connectivity index (χ0v) is 18.9. The highest BCUT2D eigenvalue weighted by atomic mass is 16.6. The minimum absolute atomic E-state index is 0.158. The summed E-state index contributed by atoms with van der Waals surface area (Å²) in [5.41, 5.74) is 0.970. The van der Waals surface area contributed by atoms with E-state index in [1.165, 1.54) is 12.1 Å². The van der Waals surface area contributed by atoms with Gasteiger partial charge in [-0.15, -0.1) is 0 Å². The number of carbonyl (C=O) groups is 3. The molecule has 0 saturated carbocycles. The smallest absolute Gasteiger partial charge is 0.271 e. The van der Waals surface area contributed by atoms with Crippen molar-refractivity contribution in [2.45, 2.75) is 38.3 Å². The zero-order valence-electron chi connectivity index (χ0n) is 18.9. The summed E-state index contributed by atoms with van der Waals surface area (Å²) >= 11 is 0. The molecule has 0 radical (unpaired) electrons. The van der Waals surface area contributed by atoms with E-state index >= 15 is 0 Å². The maximum absolute atomic E-state index is 14.1. The van der Waals surface area contributed by atoms with Gasteiger partial charge < -0.3 is 4.90 Å². The standard InChI is InChI=1S/C25H24N4O5/c1-3-26-17-8-5-4-7-16(17)25(24(26)32)21-20(18-9-6-12-27(18)25)22(30)28(23(21)31)19-13-15(29(33)34)11-10-14(19)2/h4-5,7-8,10-11,13,18,20-21H,3,6,9,12H2,1-2H3/t18-,20+,21+,25+/m1/s1. The minimum atomic E-state index is -1.23. The van der Waals surface area contributed by atoms with Crippen molar-refractivity contribution >= 4 is 34.8 Å². The van der Waals surface area contributed by atoms with Crippen molar-refractivity contribution in [3.05, 3.63) is 63.7 Å². The van der Waals surface area contributed by atoms with Crippen LogP contribution in [0.25, 0.3) is 0 Å². The molecule has 6 rings (SSSR count). The molecule has 4 heterocycles. The Balaban J connectivity index is 1.56. The van der Waals surface area contributed by atoms with Crippen LogP contribution in [0.2, 0.25) is 0 Å². The van der Waals surface area contributed by atoms with Gasteiger partial charge in [-0.05, 0) is 44.9 Å². The van der Waals surface area contributed by atoms with Gasteiger partial charge >= 0.3 is 0 Å². The van der Waals surface area contributed by atoms with Gasteiger partial charge in [0.2, 0.25) is 11.8 Å². The molecule has 34 heavy (non-hydrogen) atoms. The average molecular weight is 460 g/mol. The highest BCUT2D eigenvalue weighted by Gasteiger charge is 2.75. The zero-order chi connectivity index (χ0) is 23.9. The predicted octanol–water partition coefficient (Wildman–Crippen LogP) is 2.75. The summed E-state index contributed by atoms with van der Waals surface area (Å²) in [4.78, 5) is 57.9. The number of non-ortho nitro benzene ring substituents is 1. The Labute approximate surface area is 196 Å². The van der Waals surface area contributed by atoms with Gasteiger partial charge in [-0.3, -0.25) is 29.4 Å². The van der Waals surface area contributed by atoms with Crippen molar-refractivity contribution in [2.75, 3.05) is 22.9 Å². The number of nitro groups is 1. The van der Waals surface area contributed by atoms with E-state index in [0.717, 1.165) is 29.0 Å². The van der Waals surface area contributed by atoms with Gasteiger partial charge in [-0.2, -0.15) is 0 Å². The maximum Gasteiger partial charge on any atom is 0.271 e. The Hall–Kier alpha value is -3.59. The number of carbonyl (C=O) groups excluding carboxylic acids is 3. The normalized spacial score (nSPS) is 29.8. The van der Waals surface area contributed by atoms with Gasteiger partial charge in [-0.25, -0.2) is 4.90 Å². The Bertz CT molecular complexity index is 1290.